The van der Waals surface area contributed by atoms with Crippen molar-refractivity contribution < 1.29 is 0 Å². The van der Waals surface area contributed by atoms with E-state index in [4.69, 9.17) is 0 Å². The van der Waals surface area contributed by atoms with Crippen molar-refractivity contribution in [3.8, 4) is 0 Å². The summed E-state index contributed by atoms with van der Waals surface area (Å²) in [5.41, 5.74) is 1.58. The SMILES string of the molecule is CC1(C)C2CNCC2CN1Cc1cncc(Br)c1. The molecule has 1 aromatic heterocycles. The van der Waals surface area contributed by atoms with Gasteiger partial charge in [0.05, 0.1) is 0 Å². The minimum atomic E-state index is 0.288. The third kappa shape index (κ3) is 2.10. The van der Waals surface area contributed by atoms with E-state index in [9.17, 15) is 0 Å². The molecule has 3 nitrogen and oxygen atoms in total. The second kappa shape index (κ2) is 4.58. The number of fused-ring (bicyclic) bond motifs is 1. The zero-order valence-electron chi connectivity index (χ0n) is 11.0. The van der Waals surface area contributed by atoms with Crippen LogP contribution in [0.5, 0.6) is 0 Å². The number of aromatic nitrogens is 1. The monoisotopic (exact) mass is 309 g/mol. The molecule has 0 amide bonds. The van der Waals surface area contributed by atoms with Gasteiger partial charge in [0.1, 0.15) is 0 Å². The maximum atomic E-state index is 4.26. The van der Waals surface area contributed by atoms with Crippen molar-refractivity contribution in [2.75, 3.05) is 19.6 Å². The van der Waals surface area contributed by atoms with E-state index in [1.54, 1.807) is 0 Å². The first kappa shape index (κ1) is 12.6. The Morgan fingerprint density at radius 2 is 2.28 bits per heavy atom. The number of halogens is 1. The van der Waals surface area contributed by atoms with Gasteiger partial charge in [-0.05, 0) is 59.8 Å². The predicted octanol–water partition coefficient (Wildman–Crippen LogP) is 2.27. The van der Waals surface area contributed by atoms with Crippen molar-refractivity contribution in [3.05, 3.63) is 28.5 Å². The number of pyridine rings is 1. The molecular weight excluding hydrogens is 290 g/mol. The third-order valence-electron chi connectivity index (χ3n) is 4.65. The lowest BCUT2D eigenvalue weighted by Gasteiger charge is -2.35. The van der Waals surface area contributed by atoms with Crippen LogP contribution in [0, 0.1) is 11.8 Å². The van der Waals surface area contributed by atoms with Crippen molar-refractivity contribution in [1.29, 1.82) is 0 Å². The third-order valence-corrected chi connectivity index (χ3v) is 5.09. The molecule has 2 aliphatic rings. The molecule has 4 heteroatoms. The lowest BCUT2D eigenvalue weighted by Crippen LogP contribution is -2.43. The largest absolute Gasteiger partial charge is 0.316 e. The number of nitrogens with zero attached hydrogens (tertiary/aromatic N) is 2. The second-order valence-electron chi connectivity index (χ2n) is 6.07. The van der Waals surface area contributed by atoms with E-state index in [0.29, 0.717) is 0 Å². The number of hydrogen-bond acceptors (Lipinski definition) is 3. The van der Waals surface area contributed by atoms with Crippen molar-refractivity contribution >= 4 is 15.9 Å². The van der Waals surface area contributed by atoms with Crippen molar-refractivity contribution in [2.24, 2.45) is 11.8 Å². The quantitative estimate of drug-likeness (QED) is 0.908. The molecule has 1 aromatic rings. The van der Waals surface area contributed by atoms with Gasteiger partial charge in [-0.3, -0.25) is 9.88 Å². The minimum Gasteiger partial charge on any atom is -0.316 e. The van der Waals surface area contributed by atoms with Crippen LogP contribution in [-0.2, 0) is 6.54 Å². The summed E-state index contributed by atoms with van der Waals surface area (Å²) in [6.45, 7) is 9.34. The molecule has 0 bridgehead atoms. The summed E-state index contributed by atoms with van der Waals surface area (Å²) in [6, 6.07) is 2.18. The molecule has 2 saturated heterocycles. The van der Waals surface area contributed by atoms with Crippen molar-refractivity contribution in [1.82, 2.24) is 15.2 Å². The van der Waals surface area contributed by atoms with Gasteiger partial charge < -0.3 is 5.32 Å². The van der Waals surface area contributed by atoms with Crippen LogP contribution >= 0.6 is 15.9 Å². The molecular formula is C14H20BrN3. The molecule has 0 saturated carbocycles. The smallest absolute Gasteiger partial charge is 0.0410 e. The van der Waals surface area contributed by atoms with Crippen LogP contribution in [-0.4, -0.2) is 35.1 Å². The maximum Gasteiger partial charge on any atom is 0.0410 e. The fourth-order valence-corrected chi connectivity index (χ4v) is 3.95. The Balaban J connectivity index is 1.77. The van der Waals surface area contributed by atoms with Crippen molar-refractivity contribution in [3.63, 3.8) is 0 Å². The van der Waals surface area contributed by atoms with Gasteiger partial charge in [0, 0.05) is 42.0 Å². The molecule has 2 aliphatic heterocycles. The first-order chi connectivity index (χ1) is 8.57. The number of hydrogen-bond donors (Lipinski definition) is 1. The van der Waals surface area contributed by atoms with Gasteiger partial charge in [-0.25, -0.2) is 0 Å². The molecule has 0 aliphatic carbocycles. The first-order valence-electron chi connectivity index (χ1n) is 6.62. The lowest BCUT2D eigenvalue weighted by molar-refractivity contribution is 0.132. The second-order valence-corrected chi connectivity index (χ2v) is 6.99. The zero-order valence-corrected chi connectivity index (χ0v) is 12.6. The Morgan fingerprint density at radius 1 is 1.44 bits per heavy atom. The van der Waals surface area contributed by atoms with Gasteiger partial charge in [-0.15, -0.1) is 0 Å². The molecule has 3 heterocycles. The van der Waals surface area contributed by atoms with E-state index in [2.05, 4.69) is 51.0 Å². The van der Waals surface area contributed by atoms with Gasteiger partial charge in [-0.1, -0.05) is 0 Å². The molecule has 2 unspecified atom stereocenters. The standard InChI is InChI=1S/C14H20BrN3/c1-14(2)13-7-17-5-11(13)9-18(14)8-10-3-12(15)6-16-4-10/h3-4,6,11,13,17H,5,7-9H2,1-2H3. The van der Waals surface area contributed by atoms with Gasteiger partial charge in [0.25, 0.3) is 0 Å². The molecule has 98 valence electrons. The molecule has 1 N–H and O–H groups in total. The van der Waals surface area contributed by atoms with E-state index in [0.717, 1.165) is 22.9 Å². The van der Waals surface area contributed by atoms with Crippen LogP contribution in [0.2, 0.25) is 0 Å². The summed E-state index contributed by atoms with van der Waals surface area (Å²) in [4.78, 5) is 6.88. The minimum absolute atomic E-state index is 0.288. The fraction of sp³-hybridized carbons (Fsp3) is 0.643. The van der Waals surface area contributed by atoms with Crippen LogP contribution in [0.25, 0.3) is 0 Å². The van der Waals surface area contributed by atoms with Crippen LogP contribution in [0.1, 0.15) is 19.4 Å². The molecule has 18 heavy (non-hydrogen) atoms. The van der Waals surface area contributed by atoms with Crippen LogP contribution < -0.4 is 5.32 Å². The fourth-order valence-electron chi connectivity index (χ4n) is 3.54. The van der Waals surface area contributed by atoms with E-state index in [1.807, 2.05) is 12.4 Å². The summed E-state index contributed by atoms with van der Waals surface area (Å²) in [5.74, 6) is 1.61. The molecule has 2 atom stereocenters. The van der Waals surface area contributed by atoms with Crippen LogP contribution in [0.15, 0.2) is 22.9 Å². The van der Waals surface area contributed by atoms with Gasteiger partial charge in [0.2, 0.25) is 0 Å². The normalized spacial score (nSPS) is 30.6. The highest BCUT2D eigenvalue weighted by Crippen LogP contribution is 2.41. The summed E-state index contributed by atoms with van der Waals surface area (Å²) in [5, 5.41) is 3.53. The summed E-state index contributed by atoms with van der Waals surface area (Å²) < 4.78 is 1.07. The predicted molar refractivity (Wildman–Crippen MR) is 76.3 cm³/mol. The van der Waals surface area contributed by atoms with E-state index in [1.165, 1.54) is 25.2 Å². The highest BCUT2D eigenvalue weighted by atomic mass is 79.9. The van der Waals surface area contributed by atoms with Gasteiger partial charge in [-0.2, -0.15) is 0 Å². The summed E-state index contributed by atoms with van der Waals surface area (Å²) in [6.07, 6.45) is 3.82. The zero-order chi connectivity index (χ0) is 12.8. The maximum absolute atomic E-state index is 4.26. The molecule has 0 spiro atoms. The molecule has 0 radical (unpaired) electrons. The number of nitrogens with one attached hydrogen (secondary N) is 1. The molecule has 3 rings (SSSR count). The van der Waals surface area contributed by atoms with Gasteiger partial charge >= 0.3 is 0 Å². The highest BCUT2D eigenvalue weighted by Gasteiger charge is 2.49. The Hall–Kier alpha value is -0.450. The average Bonchev–Trinajstić information content (AvgIpc) is 2.84. The topological polar surface area (TPSA) is 28.2 Å². The van der Waals surface area contributed by atoms with E-state index >= 15 is 0 Å². The average molecular weight is 310 g/mol. The Bertz CT molecular complexity index is 446. The van der Waals surface area contributed by atoms with Crippen molar-refractivity contribution in [2.45, 2.75) is 25.9 Å². The molecule has 0 aromatic carbocycles. The number of likely N-dealkylation sites (tertiary alicyclic amines) is 1. The van der Waals surface area contributed by atoms with Crippen LogP contribution in [0.3, 0.4) is 0 Å². The highest BCUT2D eigenvalue weighted by molar-refractivity contribution is 9.10. The number of rotatable bonds is 2. The Morgan fingerprint density at radius 3 is 3.00 bits per heavy atom. The first-order valence-corrected chi connectivity index (χ1v) is 7.42. The lowest BCUT2D eigenvalue weighted by atomic mass is 9.85. The van der Waals surface area contributed by atoms with Gasteiger partial charge in [0.15, 0.2) is 0 Å². The summed E-state index contributed by atoms with van der Waals surface area (Å²) in [7, 11) is 0. The van der Waals surface area contributed by atoms with E-state index in [-0.39, 0.29) is 5.54 Å². The Kier molecular flexibility index (Phi) is 3.20. The summed E-state index contributed by atoms with van der Waals surface area (Å²) >= 11 is 3.50. The van der Waals surface area contributed by atoms with E-state index < -0.39 is 0 Å². The molecule has 2 fully saturated rings. The van der Waals surface area contributed by atoms with Crippen LogP contribution in [0.4, 0.5) is 0 Å². The Labute approximate surface area is 117 Å².